The molecule has 0 saturated heterocycles. The van der Waals surface area contributed by atoms with Gasteiger partial charge < -0.3 is 16.0 Å². The lowest BCUT2D eigenvalue weighted by atomic mass is 10.0. The molecule has 1 rings (SSSR count). The molecule has 4 N–H and O–H groups in total. The van der Waals surface area contributed by atoms with E-state index in [0.717, 1.165) is 0 Å². The Morgan fingerprint density at radius 3 is 2.48 bits per heavy atom. The van der Waals surface area contributed by atoms with Gasteiger partial charge in [-0.15, -0.1) is 12.4 Å². The number of rotatable bonds is 4. The van der Waals surface area contributed by atoms with E-state index in [9.17, 15) is 22.8 Å². The molecule has 0 radical (unpaired) electrons. The number of halogens is 4. The second kappa shape index (κ2) is 7.46. The Hall–Kier alpha value is -1.54. The highest BCUT2D eigenvalue weighted by atomic mass is 35.5. The van der Waals surface area contributed by atoms with E-state index in [1.54, 1.807) is 0 Å². The molecule has 21 heavy (non-hydrogen) atoms. The van der Waals surface area contributed by atoms with Gasteiger partial charge in [0.25, 0.3) is 5.56 Å². The lowest BCUT2D eigenvalue weighted by molar-refractivity contribution is -0.137. The van der Waals surface area contributed by atoms with Crippen molar-refractivity contribution in [3.63, 3.8) is 0 Å². The highest BCUT2D eigenvalue weighted by Gasteiger charge is 2.31. The Morgan fingerprint density at radius 1 is 1.43 bits per heavy atom. The molecule has 1 heterocycles. The van der Waals surface area contributed by atoms with E-state index >= 15 is 0 Å². The first kappa shape index (κ1) is 19.5. The minimum atomic E-state index is -4.61. The monoisotopic (exact) mass is 327 g/mol. The first-order chi connectivity index (χ1) is 9.11. The molecule has 5 nitrogen and oxygen atoms in total. The fourth-order valence-electron chi connectivity index (χ4n) is 1.58. The number of nitrogens with two attached hydrogens (primary N) is 1. The number of nitrogens with one attached hydrogen (secondary N) is 2. The lowest BCUT2D eigenvalue weighted by Crippen LogP contribution is -2.38. The lowest BCUT2D eigenvalue weighted by Gasteiger charge is -2.14. The SMILES string of the molecule is CC(C)C[C@H](N)C(=O)Nc1cc(C(F)(F)F)c[nH]c1=O.Cl. The topological polar surface area (TPSA) is 88.0 Å². The number of aromatic nitrogens is 1. The van der Waals surface area contributed by atoms with E-state index in [4.69, 9.17) is 5.73 Å². The van der Waals surface area contributed by atoms with Crippen LogP contribution in [-0.2, 0) is 11.0 Å². The average Bonchev–Trinajstić information content (AvgIpc) is 2.29. The van der Waals surface area contributed by atoms with Crippen molar-refractivity contribution >= 4 is 24.0 Å². The molecule has 1 amide bonds. The molecule has 0 spiro atoms. The van der Waals surface area contributed by atoms with Gasteiger partial charge in [-0.05, 0) is 18.4 Å². The summed E-state index contributed by atoms with van der Waals surface area (Å²) in [6.45, 7) is 3.70. The normalized spacial score (nSPS) is 12.7. The van der Waals surface area contributed by atoms with E-state index < -0.39 is 34.9 Å². The van der Waals surface area contributed by atoms with E-state index in [1.807, 2.05) is 18.8 Å². The van der Waals surface area contributed by atoms with Crippen molar-refractivity contribution in [1.29, 1.82) is 0 Å². The van der Waals surface area contributed by atoms with Gasteiger partial charge in [-0.25, -0.2) is 0 Å². The maximum absolute atomic E-state index is 12.5. The number of hydrogen-bond acceptors (Lipinski definition) is 3. The number of alkyl halides is 3. The van der Waals surface area contributed by atoms with Crippen LogP contribution in [0.1, 0.15) is 25.8 Å². The first-order valence-corrected chi connectivity index (χ1v) is 5.97. The van der Waals surface area contributed by atoms with Crippen LogP contribution in [0.5, 0.6) is 0 Å². The van der Waals surface area contributed by atoms with Gasteiger partial charge in [0.15, 0.2) is 0 Å². The van der Waals surface area contributed by atoms with Crippen molar-refractivity contribution in [3.8, 4) is 0 Å². The number of H-pyrrole nitrogens is 1. The van der Waals surface area contributed by atoms with Crippen molar-refractivity contribution in [1.82, 2.24) is 4.98 Å². The summed E-state index contributed by atoms with van der Waals surface area (Å²) in [5, 5.41) is 2.12. The Labute approximate surface area is 125 Å². The fourth-order valence-corrected chi connectivity index (χ4v) is 1.58. The number of pyridine rings is 1. The van der Waals surface area contributed by atoms with Crippen LogP contribution in [0.15, 0.2) is 17.1 Å². The van der Waals surface area contributed by atoms with Gasteiger partial charge in [0, 0.05) is 6.20 Å². The molecule has 1 aromatic heterocycles. The summed E-state index contributed by atoms with van der Waals surface area (Å²) in [5.74, 6) is -0.543. The van der Waals surface area contributed by atoms with Gasteiger partial charge in [0.2, 0.25) is 5.91 Å². The van der Waals surface area contributed by atoms with Crippen LogP contribution in [0.3, 0.4) is 0 Å². The van der Waals surface area contributed by atoms with Gasteiger partial charge >= 0.3 is 6.18 Å². The number of amides is 1. The third-order valence-corrected chi connectivity index (χ3v) is 2.55. The minimum Gasteiger partial charge on any atom is -0.327 e. The van der Waals surface area contributed by atoms with Gasteiger partial charge in [0.05, 0.1) is 11.6 Å². The molecule has 0 saturated carbocycles. The Morgan fingerprint density at radius 2 is 2.00 bits per heavy atom. The van der Waals surface area contributed by atoms with Crippen LogP contribution in [0.2, 0.25) is 0 Å². The summed E-state index contributed by atoms with van der Waals surface area (Å²) < 4.78 is 37.5. The van der Waals surface area contributed by atoms with Crippen LogP contribution in [0.4, 0.5) is 18.9 Å². The van der Waals surface area contributed by atoms with E-state index in [0.29, 0.717) is 18.7 Å². The molecule has 0 unspecified atom stereocenters. The van der Waals surface area contributed by atoms with Gasteiger partial charge in [-0.2, -0.15) is 13.2 Å². The smallest absolute Gasteiger partial charge is 0.327 e. The second-order valence-electron chi connectivity index (χ2n) is 4.85. The molecule has 0 bridgehead atoms. The number of carbonyl (C=O) groups is 1. The first-order valence-electron chi connectivity index (χ1n) is 5.97. The van der Waals surface area contributed by atoms with Gasteiger partial charge in [-0.3, -0.25) is 9.59 Å². The summed E-state index contributed by atoms with van der Waals surface area (Å²) >= 11 is 0. The molecule has 0 aliphatic heterocycles. The van der Waals surface area contributed by atoms with Crippen molar-refractivity contribution in [2.45, 2.75) is 32.5 Å². The van der Waals surface area contributed by atoms with Crippen molar-refractivity contribution < 1.29 is 18.0 Å². The van der Waals surface area contributed by atoms with Crippen molar-refractivity contribution in [2.24, 2.45) is 11.7 Å². The highest BCUT2D eigenvalue weighted by Crippen LogP contribution is 2.29. The maximum atomic E-state index is 12.5. The average molecular weight is 328 g/mol. The van der Waals surface area contributed by atoms with Crippen molar-refractivity contribution in [3.05, 3.63) is 28.2 Å². The van der Waals surface area contributed by atoms with E-state index in [1.165, 1.54) is 0 Å². The molecule has 0 aromatic carbocycles. The van der Waals surface area contributed by atoms with Crippen LogP contribution in [0, 0.1) is 5.92 Å². The third-order valence-electron chi connectivity index (χ3n) is 2.55. The van der Waals surface area contributed by atoms with Crippen LogP contribution >= 0.6 is 12.4 Å². The summed E-state index contributed by atoms with van der Waals surface area (Å²) in [5.41, 5.74) is 3.26. The predicted molar refractivity (Wildman–Crippen MR) is 75.4 cm³/mol. The second-order valence-corrected chi connectivity index (χ2v) is 4.85. The quantitative estimate of drug-likeness (QED) is 0.791. The molecular formula is C12H17ClF3N3O2. The summed E-state index contributed by atoms with van der Waals surface area (Å²) in [4.78, 5) is 25.0. The number of aromatic amines is 1. The number of anilines is 1. The molecule has 1 aromatic rings. The van der Waals surface area contributed by atoms with Gasteiger partial charge in [0.1, 0.15) is 5.69 Å². The van der Waals surface area contributed by atoms with E-state index in [2.05, 4.69) is 5.32 Å². The van der Waals surface area contributed by atoms with Crippen LogP contribution < -0.4 is 16.6 Å². The minimum absolute atomic E-state index is 0. The zero-order valence-corrected chi connectivity index (χ0v) is 12.3. The van der Waals surface area contributed by atoms with E-state index in [-0.39, 0.29) is 18.3 Å². The predicted octanol–water partition coefficient (Wildman–Crippen LogP) is 2.13. The van der Waals surface area contributed by atoms with Gasteiger partial charge in [-0.1, -0.05) is 13.8 Å². The molecule has 120 valence electrons. The zero-order chi connectivity index (χ0) is 15.5. The highest BCUT2D eigenvalue weighted by molar-refractivity contribution is 5.94. The molecule has 0 aliphatic rings. The largest absolute Gasteiger partial charge is 0.417 e. The summed E-state index contributed by atoms with van der Waals surface area (Å²) in [6, 6.07) is -0.303. The van der Waals surface area contributed by atoms with Crippen molar-refractivity contribution in [2.75, 3.05) is 5.32 Å². The number of hydrogen-bond donors (Lipinski definition) is 3. The Bertz CT molecular complexity index is 543. The summed E-state index contributed by atoms with van der Waals surface area (Å²) in [6.07, 6.45) is -3.70. The molecule has 1 atom stereocenters. The standard InChI is InChI=1S/C12H16F3N3O2.ClH/c1-6(2)3-8(16)10(19)18-9-4-7(12(13,14)15)5-17-11(9)20;/h4-6,8H,3,16H2,1-2H3,(H,17,20)(H,18,19);1H/t8-;/m0./s1. The molecule has 0 fully saturated rings. The third kappa shape index (κ3) is 5.76. The molecule has 9 heteroatoms. The number of carbonyl (C=O) groups excluding carboxylic acids is 1. The summed E-state index contributed by atoms with van der Waals surface area (Å²) in [7, 11) is 0. The van der Waals surface area contributed by atoms with Crippen LogP contribution in [-0.4, -0.2) is 16.9 Å². The zero-order valence-electron chi connectivity index (χ0n) is 11.5. The Kier molecular flexibility index (Phi) is 6.92. The fraction of sp³-hybridized carbons (Fsp3) is 0.500. The maximum Gasteiger partial charge on any atom is 0.417 e. The molecule has 0 aliphatic carbocycles. The molecular weight excluding hydrogens is 311 g/mol. The Balaban J connectivity index is 0.00000400. The van der Waals surface area contributed by atoms with Crippen LogP contribution in [0.25, 0.3) is 0 Å².